The maximum absolute atomic E-state index is 13.0. The van der Waals surface area contributed by atoms with Gasteiger partial charge in [-0.05, 0) is 37.6 Å². The van der Waals surface area contributed by atoms with Gasteiger partial charge in [-0.3, -0.25) is 4.79 Å². The molecule has 2 aromatic rings. The van der Waals surface area contributed by atoms with Crippen molar-refractivity contribution in [3.8, 4) is 5.69 Å². The molecule has 0 bridgehead atoms. The Bertz CT molecular complexity index is 877. The van der Waals surface area contributed by atoms with Gasteiger partial charge in [0, 0.05) is 13.1 Å². The lowest BCUT2D eigenvalue weighted by Gasteiger charge is -2.22. The summed E-state index contributed by atoms with van der Waals surface area (Å²) in [5, 5.41) is 7.87. The Morgan fingerprint density at radius 1 is 1.33 bits per heavy atom. The average Bonchev–Trinajstić information content (AvgIpc) is 3.09. The quantitative estimate of drug-likeness (QED) is 0.822. The Kier molecular flexibility index (Phi) is 4.12. The zero-order valence-electron chi connectivity index (χ0n) is 13.3. The second-order valence-corrected chi connectivity index (χ2v) is 8.11. The average molecular weight is 352 g/mol. The van der Waals surface area contributed by atoms with Gasteiger partial charge < -0.3 is 4.90 Å². The van der Waals surface area contributed by atoms with Gasteiger partial charge in [0.05, 0.1) is 22.9 Å². The highest BCUT2D eigenvalue weighted by molar-refractivity contribution is 7.91. The molecule has 0 spiro atoms. The summed E-state index contributed by atoms with van der Waals surface area (Å²) in [7, 11) is -1.51. The van der Waals surface area contributed by atoms with Crippen molar-refractivity contribution in [2.45, 2.75) is 19.4 Å². The maximum Gasteiger partial charge on any atom is 0.276 e. The monoisotopic (exact) mass is 352 g/mol. The zero-order chi connectivity index (χ0) is 17.5. The molecular weight excluding hydrogens is 335 g/mol. The third-order valence-electron chi connectivity index (χ3n) is 4.24. The summed E-state index contributed by atoms with van der Waals surface area (Å²) in [4.78, 5) is 14.0. The number of hydrogen-bond donors (Lipinski definition) is 0. The molecule has 0 radical (unpaired) electrons. The minimum atomic E-state index is -3.08. The standard InChI is InChI=1S/C15H17FN4O3S/c1-10-14(15(21)19(2)13-7-8-24(22,23)9-13)17-18-20(10)12-5-3-11(16)4-6-12/h3-6,13H,7-9H2,1-2H3. The number of benzene rings is 1. The Morgan fingerprint density at radius 3 is 2.58 bits per heavy atom. The number of nitrogens with zero attached hydrogens (tertiary/aromatic N) is 4. The summed E-state index contributed by atoms with van der Waals surface area (Å²) < 4.78 is 37.6. The lowest BCUT2D eigenvalue weighted by Crippen LogP contribution is -2.38. The summed E-state index contributed by atoms with van der Waals surface area (Å²) >= 11 is 0. The number of rotatable bonds is 3. The molecule has 2 heterocycles. The second-order valence-electron chi connectivity index (χ2n) is 5.88. The molecular formula is C15H17FN4O3S. The van der Waals surface area contributed by atoms with E-state index in [-0.39, 0.29) is 35.0 Å². The van der Waals surface area contributed by atoms with E-state index in [1.807, 2.05) is 0 Å². The van der Waals surface area contributed by atoms with Gasteiger partial charge in [0.2, 0.25) is 0 Å². The lowest BCUT2D eigenvalue weighted by molar-refractivity contribution is 0.0741. The normalized spacial score (nSPS) is 19.4. The molecule has 1 aromatic heterocycles. The highest BCUT2D eigenvalue weighted by Crippen LogP contribution is 2.20. The van der Waals surface area contributed by atoms with E-state index in [2.05, 4.69) is 10.3 Å². The number of halogens is 1. The van der Waals surface area contributed by atoms with Gasteiger partial charge in [-0.25, -0.2) is 17.5 Å². The topological polar surface area (TPSA) is 85.2 Å². The van der Waals surface area contributed by atoms with Crippen LogP contribution in [0.3, 0.4) is 0 Å². The molecule has 128 valence electrons. The van der Waals surface area contributed by atoms with Crippen LogP contribution >= 0.6 is 0 Å². The van der Waals surface area contributed by atoms with E-state index in [1.54, 1.807) is 26.1 Å². The fourth-order valence-electron chi connectivity index (χ4n) is 2.77. The van der Waals surface area contributed by atoms with E-state index in [9.17, 15) is 17.6 Å². The summed E-state index contributed by atoms with van der Waals surface area (Å²) in [6.07, 6.45) is 0.426. The molecule has 1 aliphatic rings. The first-order valence-corrected chi connectivity index (χ1v) is 9.26. The molecule has 1 saturated heterocycles. The first-order chi connectivity index (χ1) is 11.3. The molecule has 0 saturated carbocycles. The predicted octanol–water partition coefficient (Wildman–Crippen LogP) is 0.974. The third-order valence-corrected chi connectivity index (χ3v) is 6.00. The van der Waals surface area contributed by atoms with E-state index in [0.29, 0.717) is 17.8 Å². The number of aromatic nitrogens is 3. The van der Waals surface area contributed by atoms with Gasteiger partial charge in [-0.1, -0.05) is 5.21 Å². The molecule has 24 heavy (non-hydrogen) atoms. The maximum atomic E-state index is 13.0. The first-order valence-electron chi connectivity index (χ1n) is 7.44. The fourth-order valence-corrected chi connectivity index (χ4v) is 4.54. The van der Waals surface area contributed by atoms with Crippen LogP contribution in [0.5, 0.6) is 0 Å². The minimum Gasteiger partial charge on any atom is -0.336 e. The molecule has 1 aliphatic heterocycles. The summed E-state index contributed by atoms with van der Waals surface area (Å²) in [6, 6.07) is 5.33. The Morgan fingerprint density at radius 2 is 2.00 bits per heavy atom. The predicted molar refractivity (Wildman–Crippen MR) is 85.2 cm³/mol. The van der Waals surface area contributed by atoms with Gasteiger partial charge in [0.15, 0.2) is 15.5 Å². The number of hydrogen-bond acceptors (Lipinski definition) is 5. The van der Waals surface area contributed by atoms with Gasteiger partial charge in [0.25, 0.3) is 5.91 Å². The minimum absolute atomic E-state index is 0.0274. The van der Waals surface area contributed by atoms with Gasteiger partial charge in [0.1, 0.15) is 5.82 Å². The molecule has 9 heteroatoms. The molecule has 7 nitrogen and oxygen atoms in total. The number of amides is 1. The van der Waals surface area contributed by atoms with E-state index in [1.165, 1.54) is 21.7 Å². The number of carbonyl (C=O) groups excluding carboxylic acids is 1. The van der Waals surface area contributed by atoms with E-state index >= 15 is 0 Å². The SMILES string of the molecule is Cc1c(C(=O)N(C)C2CCS(=O)(=O)C2)nnn1-c1ccc(F)cc1. The molecule has 1 aromatic carbocycles. The lowest BCUT2D eigenvalue weighted by atomic mass is 10.2. The van der Waals surface area contributed by atoms with Crippen molar-refractivity contribution in [3.05, 3.63) is 41.5 Å². The van der Waals surface area contributed by atoms with Crippen LogP contribution in [-0.4, -0.2) is 58.8 Å². The van der Waals surface area contributed by atoms with E-state index < -0.39 is 9.84 Å². The van der Waals surface area contributed by atoms with Crippen LogP contribution in [0.15, 0.2) is 24.3 Å². The van der Waals surface area contributed by atoms with Crippen molar-refractivity contribution in [2.75, 3.05) is 18.6 Å². The van der Waals surface area contributed by atoms with Gasteiger partial charge >= 0.3 is 0 Å². The Hall–Kier alpha value is -2.29. The van der Waals surface area contributed by atoms with Crippen LogP contribution in [0.25, 0.3) is 5.69 Å². The molecule has 1 unspecified atom stereocenters. The molecule has 3 rings (SSSR count). The smallest absolute Gasteiger partial charge is 0.276 e. The Balaban J connectivity index is 1.85. The van der Waals surface area contributed by atoms with Crippen molar-refractivity contribution < 1.29 is 17.6 Å². The number of carbonyl (C=O) groups is 1. The summed E-state index contributed by atoms with van der Waals surface area (Å²) in [5.74, 6) is -0.672. The van der Waals surface area contributed by atoms with Crippen LogP contribution in [0.1, 0.15) is 22.6 Å². The van der Waals surface area contributed by atoms with Crippen molar-refractivity contribution in [1.29, 1.82) is 0 Å². The van der Waals surface area contributed by atoms with Crippen molar-refractivity contribution in [1.82, 2.24) is 19.9 Å². The zero-order valence-corrected chi connectivity index (χ0v) is 14.1. The molecule has 1 fully saturated rings. The fraction of sp³-hybridized carbons (Fsp3) is 0.400. The van der Waals surface area contributed by atoms with Crippen molar-refractivity contribution in [2.24, 2.45) is 0 Å². The van der Waals surface area contributed by atoms with E-state index in [4.69, 9.17) is 0 Å². The second kappa shape index (κ2) is 5.97. The van der Waals surface area contributed by atoms with Crippen LogP contribution in [0.4, 0.5) is 4.39 Å². The van der Waals surface area contributed by atoms with Gasteiger partial charge in [-0.15, -0.1) is 5.10 Å². The summed E-state index contributed by atoms with van der Waals surface area (Å²) in [6.45, 7) is 1.69. The highest BCUT2D eigenvalue weighted by Gasteiger charge is 2.34. The third kappa shape index (κ3) is 3.03. The van der Waals surface area contributed by atoms with Crippen molar-refractivity contribution in [3.63, 3.8) is 0 Å². The van der Waals surface area contributed by atoms with Crippen LogP contribution in [-0.2, 0) is 9.84 Å². The Labute approximate surface area is 139 Å². The number of sulfone groups is 1. The van der Waals surface area contributed by atoms with E-state index in [0.717, 1.165) is 0 Å². The van der Waals surface area contributed by atoms with Crippen LogP contribution < -0.4 is 0 Å². The molecule has 0 aliphatic carbocycles. The molecule has 0 N–H and O–H groups in total. The van der Waals surface area contributed by atoms with Gasteiger partial charge in [-0.2, -0.15) is 0 Å². The summed E-state index contributed by atoms with van der Waals surface area (Å²) in [5.41, 5.74) is 1.26. The molecule has 1 atom stereocenters. The van der Waals surface area contributed by atoms with Crippen LogP contribution in [0, 0.1) is 12.7 Å². The van der Waals surface area contributed by atoms with Crippen LogP contribution in [0.2, 0.25) is 0 Å². The first kappa shape index (κ1) is 16.6. The molecule has 1 amide bonds. The van der Waals surface area contributed by atoms with Crippen molar-refractivity contribution >= 4 is 15.7 Å². The highest BCUT2D eigenvalue weighted by atomic mass is 32.2. The largest absolute Gasteiger partial charge is 0.336 e.